The lowest BCUT2D eigenvalue weighted by Gasteiger charge is -2.40. The zero-order valence-corrected chi connectivity index (χ0v) is 12.5. The number of carboxylic acids is 1. The molecule has 1 unspecified atom stereocenters. The van der Waals surface area contributed by atoms with E-state index in [1.807, 2.05) is 25.7 Å². The van der Waals surface area contributed by atoms with Crippen molar-refractivity contribution < 1.29 is 14.7 Å². The van der Waals surface area contributed by atoms with E-state index in [0.717, 1.165) is 13.1 Å². The summed E-state index contributed by atoms with van der Waals surface area (Å²) in [5.41, 5.74) is -0.630. The molecule has 1 aliphatic rings. The molecule has 1 N–H and O–H groups in total. The topological polar surface area (TPSA) is 60.9 Å². The van der Waals surface area contributed by atoms with E-state index in [1.165, 1.54) is 0 Å². The number of likely N-dealkylation sites (tertiary alicyclic amines) is 1. The Bertz CT molecular complexity index is 332. The lowest BCUT2D eigenvalue weighted by molar-refractivity contribution is -0.151. The summed E-state index contributed by atoms with van der Waals surface area (Å²) >= 11 is 0. The normalized spacial score (nSPS) is 20.8. The number of rotatable bonds is 5. The van der Waals surface area contributed by atoms with Gasteiger partial charge >= 0.3 is 5.97 Å². The van der Waals surface area contributed by atoms with E-state index < -0.39 is 11.4 Å². The fraction of sp³-hybridized carbons (Fsp3) is 0.857. The van der Waals surface area contributed by atoms with E-state index in [-0.39, 0.29) is 11.9 Å². The molecule has 1 heterocycles. The molecule has 0 aromatic heterocycles. The van der Waals surface area contributed by atoms with Crippen LogP contribution in [0.4, 0.5) is 0 Å². The fourth-order valence-electron chi connectivity index (χ4n) is 2.57. The van der Waals surface area contributed by atoms with E-state index in [9.17, 15) is 14.7 Å². The zero-order valence-electron chi connectivity index (χ0n) is 12.5. The molecule has 1 atom stereocenters. The number of aliphatic carboxylic acids is 1. The van der Waals surface area contributed by atoms with Crippen molar-refractivity contribution >= 4 is 11.9 Å². The Labute approximate surface area is 115 Å². The molecule has 19 heavy (non-hydrogen) atoms. The number of amides is 1. The minimum absolute atomic E-state index is 0.143. The van der Waals surface area contributed by atoms with Gasteiger partial charge in [-0.15, -0.1) is 0 Å². The number of nitrogens with zero attached hydrogens (tertiary/aromatic N) is 2. The quantitative estimate of drug-likeness (QED) is 0.821. The molecule has 1 amide bonds. The molecule has 1 aliphatic heterocycles. The van der Waals surface area contributed by atoms with Crippen molar-refractivity contribution in [3.8, 4) is 0 Å². The molecule has 5 nitrogen and oxygen atoms in total. The summed E-state index contributed by atoms with van der Waals surface area (Å²) in [7, 11) is 0. The molecule has 1 rings (SSSR count). The third kappa shape index (κ3) is 3.47. The number of hydrogen-bond acceptors (Lipinski definition) is 3. The van der Waals surface area contributed by atoms with E-state index in [2.05, 4.69) is 4.90 Å². The maximum absolute atomic E-state index is 12.3. The fourth-order valence-corrected chi connectivity index (χ4v) is 2.57. The maximum atomic E-state index is 12.3. The standard InChI is InChI=1S/C14H26N2O3/c1-5-15(6-2)12(17)11(3)16-9-7-14(4,8-10-16)13(18)19/h11H,5-10H2,1-4H3,(H,18,19). The first kappa shape index (κ1) is 16.0. The second-order valence-corrected chi connectivity index (χ2v) is 5.59. The Kier molecular flexibility index (Phi) is 5.35. The van der Waals surface area contributed by atoms with Crippen LogP contribution in [0.15, 0.2) is 0 Å². The SMILES string of the molecule is CCN(CC)C(=O)C(C)N1CCC(C)(C(=O)O)CC1. The smallest absolute Gasteiger partial charge is 0.309 e. The van der Waals surface area contributed by atoms with Crippen molar-refractivity contribution in [1.29, 1.82) is 0 Å². The summed E-state index contributed by atoms with van der Waals surface area (Å²) in [6.07, 6.45) is 1.22. The summed E-state index contributed by atoms with van der Waals surface area (Å²) in [5.74, 6) is -0.584. The van der Waals surface area contributed by atoms with Gasteiger partial charge in [-0.25, -0.2) is 0 Å². The molecule has 0 radical (unpaired) electrons. The van der Waals surface area contributed by atoms with Gasteiger partial charge in [0, 0.05) is 13.1 Å². The minimum Gasteiger partial charge on any atom is -0.481 e. The van der Waals surface area contributed by atoms with Crippen molar-refractivity contribution in [3.05, 3.63) is 0 Å². The highest BCUT2D eigenvalue weighted by atomic mass is 16.4. The third-order valence-corrected chi connectivity index (χ3v) is 4.40. The van der Waals surface area contributed by atoms with Crippen molar-refractivity contribution in [2.24, 2.45) is 5.41 Å². The summed E-state index contributed by atoms with van der Waals surface area (Å²) in [5, 5.41) is 9.20. The molecular weight excluding hydrogens is 244 g/mol. The summed E-state index contributed by atoms with van der Waals surface area (Å²) < 4.78 is 0. The van der Waals surface area contributed by atoms with Gasteiger partial charge in [0.05, 0.1) is 11.5 Å². The van der Waals surface area contributed by atoms with Crippen molar-refractivity contribution in [3.63, 3.8) is 0 Å². The van der Waals surface area contributed by atoms with E-state index in [4.69, 9.17) is 0 Å². The third-order valence-electron chi connectivity index (χ3n) is 4.40. The zero-order chi connectivity index (χ0) is 14.6. The molecule has 0 bridgehead atoms. The van der Waals surface area contributed by atoms with E-state index >= 15 is 0 Å². The summed E-state index contributed by atoms with van der Waals surface area (Å²) in [6.45, 7) is 10.5. The van der Waals surface area contributed by atoms with Gasteiger partial charge in [-0.2, -0.15) is 0 Å². The number of carboxylic acid groups (broad SMARTS) is 1. The number of hydrogen-bond donors (Lipinski definition) is 1. The van der Waals surface area contributed by atoms with Gasteiger partial charge in [0.15, 0.2) is 0 Å². The molecule has 110 valence electrons. The lowest BCUT2D eigenvalue weighted by atomic mass is 9.80. The van der Waals surface area contributed by atoms with Gasteiger partial charge in [-0.3, -0.25) is 14.5 Å². The maximum Gasteiger partial charge on any atom is 0.309 e. The molecule has 0 saturated carbocycles. The molecule has 0 spiro atoms. The van der Waals surface area contributed by atoms with E-state index in [0.29, 0.717) is 25.9 Å². The molecule has 1 fully saturated rings. The molecule has 1 saturated heterocycles. The van der Waals surface area contributed by atoms with Gasteiger partial charge in [0.25, 0.3) is 0 Å². The van der Waals surface area contributed by atoms with Crippen LogP contribution in [0.5, 0.6) is 0 Å². The highest BCUT2D eigenvalue weighted by Crippen LogP contribution is 2.31. The van der Waals surface area contributed by atoms with E-state index in [1.54, 1.807) is 6.92 Å². The minimum atomic E-state index is -0.727. The molecular formula is C14H26N2O3. The van der Waals surface area contributed by atoms with Crippen LogP contribution in [0.25, 0.3) is 0 Å². The Balaban J connectivity index is 2.60. The van der Waals surface area contributed by atoms with Gasteiger partial charge in [-0.05, 0) is 53.6 Å². The Morgan fingerprint density at radius 1 is 1.26 bits per heavy atom. The number of carbonyl (C=O) groups is 2. The highest BCUT2D eigenvalue weighted by Gasteiger charge is 2.39. The molecule has 0 aromatic rings. The first-order chi connectivity index (χ1) is 8.85. The van der Waals surface area contributed by atoms with Crippen LogP contribution in [-0.4, -0.2) is 59.0 Å². The van der Waals surface area contributed by atoms with Crippen LogP contribution < -0.4 is 0 Å². The predicted molar refractivity (Wildman–Crippen MR) is 73.9 cm³/mol. The Morgan fingerprint density at radius 3 is 2.11 bits per heavy atom. The number of piperidine rings is 1. The van der Waals surface area contributed by atoms with Crippen molar-refractivity contribution in [1.82, 2.24) is 9.80 Å². The van der Waals surface area contributed by atoms with Gasteiger partial charge in [-0.1, -0.05) is 0 Å². The highest BCUT2D eigenvalue weighted by molar-refractivity contribution is 5.81. The molecule has 0 aliphatic carbocycles. The van der Waals surface area contributed by atoms with Crippen molar-refractivity contribution in [2.45, 2.75) is 46.6 Å². The summed E-state index contributed by atoms with van der Waals surface area (Å²) in [4.78, 5) is 27.4. The van der Waals surface area contributed by atoms with Gasteiger partial charge in [0.2, 0.25) is 5.91 Å². The monoisotopic (exact) mass is 270 g/mol. The first-order valence-corrected chi connectivity index (χ1v) is 7.12. The van der Waals surface area contributed by atoms with Crippen LogP contribution in [0, 0.1) is 5.41 Å². The van der Waals surface area contributed by atoms with Crippen LogP contribution in [0.2, 0.25) is 0 Å². The molecule has 0 aromatic carbocycles. The largest absolute Gasteiger partial charge is 0.481 e. The van der Waals surface area contributed by atoms with Gasteiger partial charge in [0.1, 0.15) is 0 Å². The second-order valence-electron chi connectivity index (χ2n) is 5.59. The first-order valence-electron chi connectivity index (χ1n) is 7.12. The number of carbonyl (C=O) groups excluding carboxylic acids is 1. The van der Waals surface area contributed by atoms with Crippen LogP contribution in [0.3, 0.4) is 0 Å². The van der Waals surface area contributed by atoms with Crippen molar-refractivity contribution in [2.75, 3.05) is 26.2 Å². The Morgan fingerprint density at radius 2 is 1.74 bits per heavy atom. The number of likely N-dealkylation sites (N-methyl/N-ethyl adjacent to an activating group) is 1. The lowest BCUT2D eigenvalue weighted by Crippen LogP contribution is -2.52. The van der Waals surface area contributed by atoms with Crippen LogP contribution in [-0.2, 0) is 9.59 Å². The van der Waals surface area contributed by atoms with Gasteiger partial charge < -0.3 is 10.0 Å². The van der Waals surface area contributed by atoms with Crippen LogP contribution >= 0.6 is 0 Å². The van der Waals surface area contributed by atoms with Crippen LogP contribution in [0.1, 0.15) is 40.5 Å². The summed E-state index contributed by atoms with van der Waals surface area (Å²) in [6, 6.07) is -0.154. The predicted octanol–water partition coefficient (Wildman–Crippen LogP) is 1.43. The average Bonchev–Trinajstić information content (AvgIpc) is 2.40. The Hall–Kier alpha value is -1.10. The average molecular weight is 270 g/mol. The molecule has 5 heteroatoms. The second kappa shape index (κ2) is 6.37.